The number of nitrogens with one attached hydrogen (secondary N) is 2. The second-order valence-electron chi connectivity index (χ2n) is 4.39. The first-order chi connectivity index (χ1) is 6.83. The highest BCUT2D eigenvalue weighted by molar-refractivity contribution is 9.09. The van der Waals surface area contributed by atoms with Crippen molar-refractivity contribution >= 4 is 27.9 Å². The van der Waals surface area contributed by atoms with E-state index in [0.29, 0.717) is 5.33 Å². The fraction of sp³-hybridized carbons (Fsp3) is 0.778. The maximum absolute atomic E-state index is 11.3. The largest absolute Gasteiger partial charge is 0.444 e. The summed E-state index contributed by atoms with van der Waals surface area (Å²) >= 11 is 3.24. The number of carbonyl (C=O) groups is 2. The maximum Gasteiger partial charge on any atom is 0.408 e. The second kappa shape index (κ2) is 4.38. The molecule has 5 nitrogen and oxygen atoms in total. The van der Waals surface area contributed by atoms with Gasteiger partial charge in [0, 0.05) is 5.33 Å². The molecule has 1 heterocycles. The third kappa shape index (κ3) is 3.37. The number of hydrogen-bond donors (Lipinski definition) is 2. The highest BCUT2D eigenvalue weighted by atomic mass is 79.9. The van der Waals surface area contributed by atoms with Gasteiger partial charge in [0.05, 0.1) is 6.04 Å². The van der Waals surface area contributed by atoms with Crippen LogP contribution < -0.4 is 10.6 Å². The highest BCUT2D eigenvalue weighted by Gasteiger charge is 2.40. The third-order valence-corrected chi connectivity index (χ3v) is 2.55. The molecule has 0 unspecified atom stereocenters. The lowest BCUT2D eigenvalue weighted by molar-refractivity contribution is -0.131. The van der Waals surface area contributed by atoms with Crippen LogP contribution in [0.5, 0.6) is 0 Å². The SMILES string of the molecule is CC(C)(C)OC(=O)N[C@H]1C(=O)N[C@H]1CBr. The van der Waals surface area contributed by atoms with E-state index >= 15 is 0 Å². The Kier molecular flexibility index (Phi) is 3.59. The second-order valence-corrected chi connectivity index (χ2v) is 5.04. The first kappa shape index (κ1) is 12.3. The van der Waals surface area contributed by atoms with Crippen molar-refractivity contribution in [3.8, 4) is 0 Å². The molecule has 0 aromatic carbocycles. The number of hydrogen-bond acceptors (Lipinski definition) is 3. The van der Waals surface area contributed by atoms with Gasteiger partial charge in [0.15, 0.2) is 0 Å². The van der Waals surface area contributed by atoms with Gasteiger partial charge >= 0.3 is 6.09 Å². The third-order valence-electron chi connectivity index (χ3n) is 1.85. The fourth-order valence-electron chi connectivity index (χ4n) is 1.17. The molecule has 0 spiro atoms. The standard InChI is InChI=1S/C9H15BrN2O3/c1-9(2,3)15-8(14)12-6-5(4-10)11-7(6)13/h5-6H,4H2,1-3H3,(H,11,13)(H,12,14)/t5-,6+/m0/s1. The molecule has 86 valence electrons. The number of ether oxygens (including phenoxy) is 1. The molecule has 1 saturated heterocycles. The van der Waals surface area contributed by atoms with Gasteiger partial charge in [-0.15, -0.1) is 0 Å². The Hall–Kier alpha value is -0.780. The van der Waals surface area contributed by atoms with E-state index in [9.17, 15) is 9.59 Å². The molecular weight excluding hydrogens is 264 g/mol. The van der Waals surface area contributed by atoms with Crippen LogP contribution >= 0.6 is 15.9 Å². The average Bonchev–Trinajstić information content (AvgIpc) is 2.07. The van der Waals surface area contributed by atoms with Gasteiger partial charge in [0.25, 0.3) is 0 Å². The lowest BCUT2D eigenvalue weighted by atomic mass is 10.0. The van der Waals surface area contributed by atoms with Crippen molar-refractivity contribution < 1.29 is 14.3 Å². The Morgan fingerprint density at radius 3 is 2.60 bits per heavy atom. The molecule has 6 heteroatoms. The van der Waals surface area contributed by atoms with Gasteiger partial charge in [-0.05, 0) is 20.8 Å². The molecule has 0 aliphatic carbocycles. The zero-order valence-electron chi connectivity index (χ0n) is 8.96. The van der Waals surface area contributed by atoms with Gasteiger partial charge in [-0.1, -0.05) is 15.9 Å². The summed E-state index contributed by atoms with van der Waals surface area (Å²) in [5.74, 6) is -0.176. The maximum atomic E-state index is 11.3. The van der Waals surface area contributed by atoms with Crippen molar-refractivity contribution in [2.75, 3.05) is 5.33 Å². The lowest BCUT2D eigenvalue weighted by Gasteiger charge is -2.36. The fourth-order valence-corrected chi connectivity index (χ4v) is 1.71. The Bertz CT molecular complexity index is 275. The van der Waals surface area contributed by atoms with Crippen molar-refractivity contribution in [1.29, 1.82) is 0 Å². The number of β-lactam (4-membered cyclic amide) rings is 1. The molecule has 1 rings (SSSR count). The van der Waals surface area contributed by atoms with E-state index in [1.165, 1.54) is 0 Å². The Balaban J connectivity index is 2.41. The normalized spacial score (nSPS) is 25.2. The van der Waals surface area contributed by atoms with Crippen LogP contribution in [0.25, 0.3) is 0 Å². The van der Waals surface area contributed by atoms with Gasteiger partial charge in [-0.3, -0.25) is 4.79 Å². The van der Waals surface area contributed by atoms with Crippen molar-refractivity contribution in [3.05, 3.63) is 0 Å². The summed E-state index contributed by atoms with van der Waals surface area (Å²) in [6.45, 7) is 5.32. The average molecular weight is 279 g/mol. The first-order valence-corrected chi connectivity index (χ1v) is 5.81. The molecule has 15 heavy (non-hydrogen) atoms. The van der Waals surface area contributed by atoms with Crippen molar-refractivity contribution in [2.24, 2.45) is 0 Å². The Morgan fingerprint density at radius 1 is 1.60 bits per heavy atom. The smallest absolute Gasteiger partial charge is 0.408 e. The number of amides is 2. The summed E-state index contributed by atoms with van der Waals surface area (Å²) in [7, 11) is 0. The minimum absolute atomic E-state index is 0.0509. The molecule has 0 saturated carbocycles. The van der Waals surface area contributed by atoms with Gasteiger partial charge in [0.1, 0.15) is 11.6 Å². The highest BCUT2D eigenvalue weighted by Crippen LogP contribution is 2.11. The molecule has 2 N–H and O–H groups in total. The topological polar surface area (TPSA) is 67.4 Å². The molecule has 1 fully saturated rings. The van der Waals surface area contributed by atoms with Crippen LogP contribution in [-0.2, 0) is 9.53 Å². The van der Waals surface area contributed by atoms with E-state index in [1.807, 2.05) is 0 Å². The predicted octanol–water partition coefficient (Wildman–Crippen LogP) is 0.773. The van der Waals surface area contributed by atoms with Crippen LogP contribution in [-0.4, -0.2) is 35.0 Å². The lowest BCUT2D eigenvalue weighted by Crippen LogP contribution is -2.70. The number of alkyl carbamates (subject to hydrolysis) is 1. The quantitative estimate of drug-likeness (QED) is 0.579. The molecule has 0 bridgehead atoms. The molecular formula is C9H15BrN2O3. The van der Waals surface area contributed by atoms with Crippen LogP contribution in [0, 0.1) is 0 Å². The van der Waals surface area contributed by atoms with E-state index in [2.05, 4.69) is 26.6 Å². The van der Waals surface area contributed by atoms with Crippen LogP contribution in [0.1, 0.15) is 20.8 Å². The van der Waals surface area contributed by atoms with Gasteiger partial charge in [-0.25, -0.2) is 4.79 Å². The minimum atomic E-state index is -0.562. The molecule has 0 aromatic rings. The molecule has 1 aliphatic heterocycles. The summed E-state index contributed by atoms with van der Waals surface area (Å²) in [6, 6.07) is -0.538. The van der Waals surface area contributed by atoms with Gasteiger partial charge < -0.3 is 15.4 Å². The number of halogens is 1. The van der Waals surface area contributed by atoms with Gasteiger partial charge in [0.2, 0.25) is 5.91 Å². The molecule has 1 aliphatic rings. The minimum Gasteiger partial charge on any atom is -0.444 e. The number of alkyl halides is 1. The van der Waals surface area contributed by atoms with E-state index in [0.717, 1.165) is 0 Å². The molecule has 0 radical (unpaired) electrons. The Labute approximate surface area is 97.1 Å². The Morgan fingerprint density at radius 2 is 2.20 bits per heavy atom. The van der Waals surface area contributed by atoms with Crippen molar-refractivity contribution in [2.45, 2.75) is 38.5 Å². The molecule has 2 amide bonds. The monoisotopic (exact) mass is 278 g/mol. The van der Waals surface area contributed by atoms with Crippen molar-refractivity contribution in [1.82, 2.24) is 10.6 Å². The van der Waals surface area contributed by atoms with Crippen LogP contribution in [0.2, 0.25) is 0 Å². The van der Waals surface area contributed by atoms with E-state index in [-0.39, 0.29) is 11.9 Å². The van der Waals surface area contributed by atoms with Gasteiger partial charge in [-0.2, -0.15) is 0 Å². The summed E-state index contributed by atoms with van der Waals surface area (Å²) in [5.41, 5.74) is -0.547. The summed E-state index contributed by atoms with van der Waals surface area (Å²) in [4.78, 5) is 22.4. The molecule has 0 aromatic heterocycles. The number of carbonyl (C=O) groups excluding carboxylic acids is 2. The van der Waals surface area contributed by atoms with E-state index < -0.39 is 17.7 Å². The van der Waals surface area contributed by atoms with Crippen LogP contribution in [0.3, 0.4) is 0 Å². The zero-order chi connectivity index (χ0) is 11.6. The zero-order valence-corrected chi connectivity index (χ0v) is 10.6. The summed E-state index contributed by atoms with van der Waals surface area (Å²) in [6.07, 6.45) is -0.562. The van der Waals surface area contributed by atoms with Crippen LogP contribution in [0.15, 0.2) is 0 Å². The predicted molar refractivity (Wildman–Crippen MR) is 58.9 cm³/mol. The van der Waals surface area contributed by atoms with E-state index in [4.69, 9.17) is 4.74 Å². The number of rotatable bonds is 2. The van der Waals surface area contributed by atoms with E-state index in [1.54, 1.807) is 20.8 Å². The summed E-state index contributed by atoms with van der Waals surface area (Å²) in [5, 5.41) is 5.79. The molecule has 2 atom stereocenters. The summed E-state index contributed by atoms with van der Waals surface area (Å²) < 4.78 is 5.04. The first-order valence-electron chi connectivity index (χ1n) is 4.69. The van der Waals surface area contributed by atoms with Crippen molar-refractivity contribution in [3.63, 3.8) is 0 Å². The van der Waals surface area contributed by atoms with Crippen LogP contribution in [0.4, 0.5) is 4.79 Å².